The Morgan fingerprint density at radius 2 is 2.33 bits per heavy atom. The first-order chi connectivity index (χ1) is 7.19. The minimum absolute atomic E-state index is 0.467. The van der Waals surface area contributed by atoms with E-state index >= 15 is 0 Å². The second-order valence-electron chi connectivity index (χ2n) is 3.71. The van der Waals surface area contributed by atoms with E-state index in [0.29, 0.717) is 17.5 Å². The molecule has 0 amide bonds. The molecular formula is C11H18ClN3. The summed E-state index contributed by atoms with van der Waals surface area (Å²) in [7, 11) is 0. The van der Waals surface area contributed by atoms with E-state index in [0.717, 1.165) is 18.8 Å². The van der Waals surface area contributed by atoms with Crippen molar-refractivity contribution in [3.8, 4) is 0 Å². The Morgan fingerprint density at radius 1 is 1.60 bits per heavy atom. The van der Waals surface area contributed by atoms with Gasteiger partial charge in [0.2, 0.25) is 0 Å². The van der Waals surface area contributed by atoms with E-state index in [1.807, 2.05) is 6.07 Å². The summed E-state index contributed by atoms with van der Waals surface area (Å²) in [4.78, 5) is 6.20. The summed E-state index contributed by atoms with van der Waals surface area (Å²) in [6.07, 6.45) is 3.43. The molecule has 0 spiro atoms. The molecule has 1 atom stereocenters. The second kappa shape index (κ2) is 5.93. The molecule has 0 bridgehead atoms. The van der Waals surface area contributed by atoms with Crippen LogP contribution in [0.4, 0.5) is 5.69 Å². The second-order valence-corrected chi connectivity index (χ2v) is 4.11. The van der Waals surface area contributed by atoms with Crippen LogP contribution in [0, 0.1) is 5.92 Å². The van der Waals surface area contributed by atoms with Crippen molar-refractivity contribution in [3.63, 3.8) is 0 Å². The molecule has 0 aliphatic heterocycles. The highest BCUT2D eigenvalue weighted by Crippen LogP contribution is 2.24. The first-order valence-corrected chi connectivity index (χ1v) is 5.61. The summed E-state index contributed by atoms with van der Waals surface area (Å²) in [5.41, 5.74) is 6.66. The van der Waals surface area contributed by atoms with Crippen LogP contribution in [0.25, 0.3) is 0 Å². The fraction of sp³-hybridized carbons (Fsp3) is 0.545. The zero-order valence-electron chi connectivity index (χ0n) is 9.28. The Hall–Kier alpha value is -0.800. The molecule has 3 nitrogen and oxygen atoms in total. The van der Waals surface area contributed by atoms with E-state index in [1.165, 1.54) is 0 Å². The number of hydrogen-bond acceptors (Lipinski definition) is 3. The molecule has 15 heavy (non-hydrogen) atoms. The van der Waals surface area contributed by atoms with E-state index in [-0.39, 0.29) is 0 Å². The Labute approximate surface area is 96.2 Å². The van der Waals surface area contributed by atoms with Crippen LogP contribution in [-0.2, 0) is 0 Å². The van der Waals surface area contributed by atoms with Gasteiger partial charge in [0.25, 0.3) is 0 Å². The van der Waals surface area contributed by atoms with Crippen molar-refractivity contribution in [3.05, 3.63) is 23.5 Å². The topological polar surface area (TPSA) is 42.1 Å². The summed E-state index contributed by atoms with van der Waals surface area (Å²) < 4.78 is 0. The normalized spacial score (nSPS) is 12.5. The molecule has 0 saturated heterocycles. The first-order valence-electron chi connectivity index (χ1n) is 5.23. The van der Waals surface area contributed by atoms with E-state index in [2.05, 4.69) is 23.7 Å². The Bertz CT molecular complexity index is 304. The van der Waals surface area contributed by atoms with Crippen molar-refractivity contribution in [2.24, 2.45) is 11.7 Å². The maximum Gasteiger partial charge on any atom is 0.0822 e. The van der Waals surface area contributed by atoms with Crippen LogP contribution in [-0.4, -0.2) is 24.6 Å². The van der Waals surface area contributed by atoms with E-state index in [1.54, 1.807) is 12.4 Å². The fourth-order valence-electron chi connectivity index (χ4n) is 1.47. The molecule has 1 unspecified atom stereocenters. The third-order valence-corrected chi connectivity index (χ3v) is 2.70. The zero-order valence-corrected chi connectivity index (χ0v) is 10.0. The minimum atomic E-state index is 0.467. The molecule has 0 saturated carbocycles. The lowest BCUT2D eigenvalue weighted by molar-refractivity contribution is 0.576. The fourth-order valence-corrected chi connectivity index (χ4v) is 1.71. The lowest BCUT2D eigenvalue weighted by Crippen LogP contribution is -2.31. The van der Waals surface area contributed by atoms with Gasteiger partial charge in [-0.05, 0) is 25.5 Å². The molecule has 1 aromatic heterocycles. The molecule has 1 rings (SSSR count). The number of hydrogen-bond donors (Lipinski definition) is 1. The highest BCUT2D eigenvalue weighted by Gasteiger charge is 2.11. The van der Waals surface area contributed by atoms with E-state index < -0.39 is 0 Å². The predicted octanol–water partition coefficient (Wildman–Crippen LogP) is 2.16. The smallest absolute Gasteiger partial charge is 0.0822 e. The number of rotatable bonds is 5. The van der Waals surface area contributed by atoms with Crippen LogP contribution in [0.2, 0.25) is 5.02 Å². The van der Waals surface area contributed by atoms with Crippen molar-refractivity contribution in [2.75, 3.05) is 24.5 Å². The van der Waals surface area contributed by atoms with Gasteiger partial charge in [-0.1, -0.05) is 18.5 Å². The van der Waals surface area contributed by atoms with Crippen molar-refractivity contribution in [1.82, 2.24) is 4.98 Å². The number of nitrogens with zero attached hydrogens (tertiary/aromatic N) is 2. The molecule has 84 valence electrons. The standard InChI is InChI=1S/C11H18ClN3/c1-3-15(8-9(2)6-13)11-4-5-14-7-10(11)12/h4-5,7,9H,3,6,8,13H2,1-2H3. The number of halogens is 1. The molecule has 0 aliphatic rings. The van der Waals surface area contributed by atoms with E-state index in [9.17, 15) is 0 Å². The third kappa shape index (κ3) is 3.36. The lowest BCUT2D eigenvalue weighted by Gasteiger charge is -2.26. The van der Waals surface area contributed by atoms with Gasteiger partial charge in [0.1, 0.15) is 0 Å². The summed E-state index contributed by atoms with van der Waals surface area (Å²) in [5, 5.41) is 0.698. The molecule has 2 N–H and O–H groups in total. The Morgan fingerprint density at radius 3 is 2.87 bits per heavy atom. The molecule has 0 radical (unpaired) electrons. The van der Waals surface area contributed by atoms with Crippen LogP contribution >= 0.6 is 11.6 Å². The molecule has 1 aromatic rings. The van der Waals surface area contributed by atoms with Crippen LogP contribution in [0.1, 0.15) is 13.8 Å². The lowest BCUT2D eigenvalue weighted by atomic mass is 10.1. The summed E-state index contributed by atoms with van der Waals surface area (Å²) in [6, 6.07) is 1.94. The third-order valence-electron chi connectivity index (χ3n) is 2.41. The van der Waals surface area contributed by atoms with Crippen molar-refractivity contribution in [1.29, 1.82) is 0 Å². The highest BCUT2D eigenvalue weighted by molar-refractivity contribution is 6.33. The monoisotopic (exact) mass is 227 g/mol. The van der Waals surface area contributed by atoms with Gasteiger partial charge in [-0.2, -0.15) is 0 Å². The van der Waals surface area contributed by atoms with Gasteiger partial charge in [-0.3, -0.25) is 4.98 Å². The van der Waals surface area contributed by atoms with Gasteiger partial charge in [-0.25, -0.2) is 0 Å². The number of aromatic nitrogens is 1. The van der Waals surface area contributed by atoms with Crippen molar-refractivity contribution >= 4 is 17.3 Å². The van der Waals surface area contributed by atoms with Gasteiger partial charge in [-0.15, -0.1) is 0 Å². The van der Waals surface area contributed by atoms with E-state index in [4.69, 9.17) is 17.3 Å². The van der Waals surface area contributed by atoms with Gasteiger partial charge in [0, 0.05) is 25.5 Å². The molecule has 0 aliphatic carbocycles. The Balaban J connectivity index is 2.78. The summed E-state index contributed by atoms with van der Waals surface area (Å²) >= 11 is 6.09. The average Bonchev–Trinajstić information content (AvgIpc) is 2.26. The predicted molar refractivity (Wildman–Crippen MR) is 65.4 cm³/mol. The summed E-state index contributed by atoms with van der Waals surface area (Å²) in [5.74, 6) is 0.467. The molecule has 4 heteroatoms. The van der Waals surface area contributed by atoms with Crippen molar-refractivity contribution in [2.45, 2.75) is 13.8 Å². The minimum Gasteiger partial charge on any atom is -0.370 e. The average molecular weight is 228 g/mol. The van der Waals surface area contributed by atoms with Crippen LogP contribution in [0.15, 0.2) is 18.5 Å². The Kier molecular flexibility index (Phi) is 4.85. The largest absolute Gasteiger partial charge is 0.370 e. The van der Waals surface area contributed by atoms with Gasteiger partial charge >= 0.3 is 0 Å². The van der Waals surface area contributed by atoms with Crippen LogP contribution < -0.4 is 10.6 Å². The number of anilines is 1. The van der Waals surface area contributed by atoms with Crippen LogP contribution in [0.3, 0.4) is 0 Å². The molecule has 0 fully saturated rings. The SMILES string of the molecule is CCN(CC(C)CN)c1ccncc1Cl. The van der Waals surface area contributed by atoms with Gasteiger partial charge in [0.15, 0.2) is 0 Å². The van der Waals surface area contributed by atoms with Gasteiger partial charge in [0.05, 0.1) is 10.7 Å². The van der Waals surface area contributed by atoms with Gasteiger partial charge < -0.3 is 10.6 Å². The number of pyridine rings is 1. The maximum atomic E-state index is 6.09. The van der Waals surface area contributed by atoms with Crippen molar-refractivity contribution < 1.29 is 0 Å². The quantitative estimate of drug-likeness (QED) is 0.838. The first kappa shape index (κ1) is 12.3. The highest BCUT2D eigenvalue weighted by atomic mass is 35.5. The number of nitrogens with two attached hydrogens (primary N) is 1. The molecule has 0 aromatic carbocycles. The maximum absolute atomic E-state index is 6.09. The molecule has 1 heterocycles. The summed E-state index contributed by atoms with van der Waals surface area (Å²) in [6.45, 7) is 6.79. The zero-order chi connectivity index (χ0) is 11.3. The molecular weight excluding hydrogens is 210 g/mol. The van der Waals surface area contributed by atoms with Crippen LogP contribution in [0.5, 0.6) is 0 Å².